The normalized spacial score (nSPS) is 26.8. The SMILES string of the molecule is O=C1CCC(N2Cc3c(cccc3N3CCC4(CC3)CNC4)C2=O)C(=O)N1. The van der Waals surface area contributed by atoms with Crippen molar-refractivity contribution >= 4 is 23.4 Å². The Bertz CT molecular complexity index is 823. The number of anilines is 1. The molecule has 3 fully saturated rings. The number of carbonyl (C=O) groups is 3. The first-order valence-electron chi connectivity index (χ1n) is 9.79. The van der Waals surface area contributed by atoms with Crippen molar-refractivity contribution in [2.45, 2.75) is 38.3 Å². The third kappa shape index (κ3) is 2.64. The van der Waals surface area contributed by atoms with Crippen molar-refractivity contribution in [1.29, 1.82) is 0 Å². The molecule has 5 rings (SSSR count). The Morgan fingerprint density at radius 1 is 1.07 bits per heavy atom. The van der Waals surface area contributed by atoms with Crippen LogP contribution in [0.2, 0.25) is 0 Å². The van der Waals surface area contributed by atoms with Crippen LogP contribution in [0, 0.1) is 5.41 Å². The molecule has 142 valence electrons. The Hall–Kier alpha value is -2.41. The molecule has 7 heteroatoms. The van der Waals surface area contributed by atoms with E-state index >= 15 is 0 Å². The van der Waals surface area contributed by atoms with E-state index in [9.17, 15) is 14.4 Å². The first kappa shape index (κ1) is 16.7. The van der Waals surface area contributed by atoms with Crippen molar-refractivity contribution < 1.29 is 14.4 Å². The number of rotatable bonds is 2. The number of fused-ring (bicyclic) bond motifs is 1. The van der Waals surface area contributed by atoms with E-state index in [-0.39, 0.29) is 24.1 Å². The van der Waals surface area contributed by atoms with Crippen LogP contribution < -0.4 is 15.5 Å². The van der Waals surface area contributed by atoms with Crippen LogP contribution in [0.5, 0.6) is 0 Å². The zero-order valence-corrected chi connectivity index (χ0v) is 15.3. The lowest BCUT2D eigenvalue weighted by Gasteiger charge is -2.49. The summed E-state index contributed by atoms with van der Waals surface area (Å²) in [5.41, 5.74) is 3.32. The largest absolute Gasteiger partial charge is 0.371 e. The van der Waals surface area contributed by atoms with E-state index < -0.39 is 6.04 Å². The van der Waals surface area contributed by atoms with Crippen LogP contribution >= 0.6 is 0 Å². The van der Waals surface area contributed by atoms with Gasteiger partial charge in [0.2, 0.25) is 11.8 Å². The van der Waals surface area contributed by atoms with E-state index in [4.69, 9.17) is 0 Å². The number of nitrogens with one attached hydrogen (secondary N) is 2. The van der Waals surface area contributed by atoms with Gasteiger partial charge in [0, 0.05) is 56.0 Å². The number of piperidine rings is 2. The Kier molecular flexibility index (Phi) is 3.75. The molecule has 2 N–H and O–H groups in total. The van der Waals surface area contributed by atoms with E-state index in [1.165, 1.54) is 12.8 Å². The summed E-state index contributed by atoms with van der Waals surface area (Å²) in [6, 6.07) is 5.34. The zero-order chi connectivity index (χ0) is 18.6. The minimum atomic E-state index is -0.555. The second-order valence-corrected chi connectivity index (χ2v) is 8.29. The molecule has 0 saturated carbocycles. The Morgan fingerprint density at radius 2 is 1.85 bits per heavy atom. The highest BCUT2D eigenvalue weighted by Crippen LogP contribution is 2.39. The summed E-state index contributed by atoms with van der Waals surface area (Å²) in [4.78, 5) is 40.7. The second-order valence-electron chi connectivity index (χ2n) is 8.29. The van der Waals surface area contributed by atoms with Gasteiger partial charge in [-0.1, -0.05) is 6.07 Å². The van der Waals surface area contributed by atoms with Gasteiger partial charge in [-0.3, -0.25) is 19.7 Å². The number of imide groups is 1. The zero-order valence-electron chi connectivity index (χ0n) is 15.3. The Morgan fingerprint density at radius 3 is 2.52 bits per heavy atom. The van der Waals surface area contributed by atoms with Crippen LogP contribution in [0.15, 0.2) is 18.2 Å². The van der Waals surface area contributed by atoms with Crippen molar-refractivity contribution in [1.82, 2.24) is 15.5 Å². The third-order valence-electron chi connectivity index (χ3n) is 6.72. The lowest BCUT2D eigenvalue weighted by atomic mass is 9.73. The average Bonchev–Trinajstić information content (AvgIpc) is 2.97. The molecule has 27 heavy (non-hydrogen) atoms. The molecule has 0 aromatic heterocycles. The molecule has 3 saturated heterocycles. The average molecular weight is 368 g/mol. The van der Waals surface area contributed by atoms with Gasteiger partial charge >= 0.3 is 0 Å². The minimum absolute atomic E-state index is 0.0991. The van der Waals surface area contributed by atoms with Crippen molar-refractivity contribution in [2.75, 3.05) is 31.1 Å². The predicted octanol–water partition coefficient (Wildman–Crippen LogP) is 0.637. The van der Waals surface area contributed by atoms with Crippen LogP contribution in [0.25, 0.3) is 0 Å². The van der Waals surface area contributed by atoms with E-state index in [1.807, 2.05) is 12.1 Å². The summed E-state index contributed by atoms with van der Waals surface area (Å²) >= 11 is 0. The number of carbonyl (C=O) groups excluding carboxylic acids is 3. The molecule has 0 bridgehead atoms. The molecule has 4 aliphatic rings. The lowest BCUT2D eigenvalue weighted by molar-refractivity contribution is -0.136. The quantitative estimate of drug-likeness (QED) is 0.749. The van der Waals surface area contributed by atoms with Crippen LogP contribution in [-0.2, 0) is 16.1 Å². The molecule has 3 amide bonds. The molecule has 1 unspecified atom stereocenters. The second kappa shape index (κ2) is 6.05. The summed E-state index contributed by atoms with van der Waals surface area (Å²) in [5, 5.41) is 5.76. The molecular weight excluding hydrogens is 344 g/mol. The maximum absolute atomic E-state index is 13.0. The Labute approximate surface area is 158 Å². The number of amides is 3. The summed E-state index contributed by atoms with van der Waals surface area (Å²) < 4.78 is 0. The van der Waals surface area contributed by atoms with Gasteiger partial charge in [0.25, 0.3) is 5.91 Å². The maximum Gasteiger partial charge on any atom is 0.255 e. The monoisotopic (exact) mass is 368 g/mol. The van der Waals surface area contributed by atoms with Crippen molar-refractivity contribution in [3.63, 3.8) is 0 Å². The van der Waals surface area contributed by atoms with Crippen molar-refractivity contribution in [3.8, 4) is 0 Å². The molecule has 0 aliphatic carbocycles. The summed E-state index contributed by atoms with van der Waals surface area (Å²) in [5.74, 6) is -0.710. The van der Waals surface area contributed by atoms with E-state index in [0.29, 0.717) is 23.9 Å². The molecule has 0 radical (unpaired) electrons. The smallest absolute Gasteiger partial charge is 0.255 e. The topological polar surface area (TPSA) is 81.8 Å². The molecule has 4 heterocycles. The lowest BCUT2D eigenvalue weighted by Crippen LogP contribution is -2.58. The maximum atomic E-state index is 13.0. The molecule has 1 spiro atoms. The van der Waals surface area contributed by atoms with Gasteiger partial charge in [0.15, 0.2) is 0 Å². The van der Waals surface area contributed by atoms with Gasteiger partial charge in [0.1, 0.15) is 6.04 Å². The van der Waals surface area contributed by atoms with Gasteiger partial charge in [-0.2, -0.15) is 0 Å². The van der Waals surface area contributed by atoms with E-state index in [0.717, 1.165) is 37.4 Å². The third-order valence-corrected chi connectivity index (χ3v) is 6.72. The fourth-order valence-electron chi connectivity index (χ4n) is 4.92. The highest BCUT2D eigenvalue weighted by atomic mass is 16.2. The molecule has 1 aromatic rings. The van der Waals surface area contributed by atoms with Gasteiger partial charge < -0.3 is 15.1 Å². The van der Waals surface area contributed by atoms with Crippen LogP contribution in [0.3, 0.4) is 0 Å². The molecule has 4 aliphatic heterocycles. The number of hydrogen-bond donors (Lipinski definition) is 2. The van der Waals surface area contributed by atoms with Crippen LogP contribution in [-0.4, -0.2) is 54.8 Å². The van der Waals surface area contributed by atoms with Gasteiger partial charge in [0.05, 0.1) is 0 Å². The van der Waals surface area contributed by atoms with Gasteiger partial charge in [-0.05, 0) is 36.8 Å². The van der Waals surface area contributed by atoms with E-state index in [1.54, 1.807) is 4.90 Å². The molecule has 1 atom stereocenters. The number of hydrogen-bond acceptors (Lipinski definition) is 5. The molecular formula is C20H24N4O3. The highest BCUT2D eigenvalue weighted by molar-refractivity contribution is 6.06. The first-order valence-corrected chi connectivity index (χ1v) is 9.79. The highest BCUT2D eigenvalue weighted by Gasteiger charge is 2.42. The fraction of sp³-hybridized carbons (Fsp3) is 0.550. The summed E-state index contributed by atoms with van der Waals surface area (Å²) in [6.07, 6.45) is 3.04. The minimum Gasteiger partial charge on any atom is -0.371 e. The van der Waals surface area contributed by atoms with E-state index in [2.05, 4.69) is 21.6 Å². The first-order chi connectivity index (χ1) is 13.1. The van der Waals surface area contributed by atoms with Gasteiger partial charge in [-0.15, -0.1) is 0 Å². The summed E-state index contributed by atoms with van der Waals surface area (Å²) in [7, 11) is 0. The van der Waals surface area contributed by atoms with Crippen molar-refractivity contribution in [2.24, 2.45) is 5.41 Å². The standard InChI is InChI=1S/C20H24N4O3/c25-17-5-4-16(18(26)22-17)24-10-14-13(19(24)27)2-1-3-15(14)23-8-6-20(7-9-23)11-21-12-20/h1-3,16,21H,4-12H2,(H,22,25,26). The van der Waals surface area contributed by atoms with Crippen LogP contribution in [0.4, 0.5) is 5.69 Å². The van der Waals surface area contributed by atoms with Crippen LogP contribution in [0.1, 0.15) is 41.6 Å². The number of nitrogens with zero attached hydrogens (tertiary/aromatic N) is 2. The molecule has 7 nitrogen and oxygen atoms in total. The molecule has 1 aromatic carbocycles. The van der Waals surface area contributed by atoms with Gasteiger partial charge in [-0.25, -0.2) is 0 Å². The predicted molar refractivity (Wildman–Crippen MR) is 99.2 cm³/mol. The van der Waals surface area contributed by atoms with Crippen molar-refractivity contribution in [3.05, 3.63) is 29.3 Å². The number of benzene rings is 1. The fourth-order valence-corrected chi connectivity index (χ4v) is 4.92. The Balaban J connectivity index is 1.38. The summed E-state index contributed by atoms with van der Waals surface area (Å²) in [6.45, 7) is 4.69.